The molecule has 0 aromatic carbocycles. The van der Waals surface area contributed by atoms with E-state index < -0.39 is 0 Å². The minimum atomic E-state index is -0.302. The highest BCUT2D eigenvalue weighted by molar-refractivity contribution is 5.77. The first kappa shape index (κ1) is 12.4. The largest absolute Gasteiger partial charge is 0.370 e. The zero-order valence-corrected chi connectivity index (χ0v) is 10.2. The quantitative estimate of drug-likeness (QED) is 0.432. The van der Waals surface area contributed by atoms with Crippen molar-refractivity contribution in [2.75, 3.05) is 19.7 Å². The summed E-state index contributed by atoms with van der Waals surface area (Å²) in [5.41, 5.74) is 5.68. The molecule has 2 fully saturated rings. The Labute approximate surface area is 102 Å². The minimum absolute atomic E-state index is 0.0391. The van der Waals surface area contributed by atoms with E-state index in [1.165, 1.54) is 12.8 Å². The molecule has 1 unspecified atom stereocenters. The molecule has 2 rings (SSSR count). The normalized spacial score (nSPS) is 27.5. The molecule has 3 N–H and O–H groups in total. The van der Waals surface area contributed by atoms with Gasteiger partial charge in [0.2, 0.25) is 0 Å². The Morgan fingerprint density at radius 1 is 1.53 bits per heavy atom. The van der Waals surface area contributed by atoms with Gasteiger partial charge in [-0.2, -0.15) is 0 Å². The first-order valence-electron chi connectivity index (χ1n) is 6.20. The van der Waals surface area contributed by atoms with E-state index in [2.05, 4.69) is 16.9 Å². The highest BCUT2D eigenvalue weighted by atomic mass is 16.7. The number of ether oxygens (including phenoxy) is 2. The van der Waals surface area contributed by atoms with Crippen molar-refractivity contribution in [2.45, 2.75) is 37.6 Å². The summed E-state index contributed by atoms with van der Waals surface area (Å²) in [6, 6.07) is 0. The molecule has 2 aliphatic rings. The standard InChI is InChI=1S/C12H21N3O2/c1-2-7-14-11(13)15-8-10-9-16-12(17-10)5-3-4-6-12/h2,10H,1,3-9H2,(H3,13,14,15). The average Bonchev–Trinajstić information content (AvgIpc) is 2.95. The van der Waals surface area contributed by atoms with Gasteiger partial charge in [0.1, 0.15) is 6.10 Å². The molecule has 5 heteroatoms. The van der Waals surface area contributed by atoms with Crippen LogP contribution < -0.4 is 11.1 Å². The molecule has 1 saturated carbocycles. The fourth-order valence-corrected chi connectivity index (χ4v) is 2.32. The van der Waals surface area contributed by atoms with Crippen LogP contribution in [0.1, 0.15) is 25.7 Å². The molecular formula is C12H21N3O2. The summed E-state index contributed by atoms with van der Waals surface area (Å²) in [5.74, 6) is 0.129. The van der Waals surface area contributed by atoms with E-state index in [9.17, 15) is 0 Å². The van der Waals surface area contributed by atoms with Crippen LogP contribution in [0, 0.1) is 0 Å². The van der Waals surface area contributed by atoms with Crippen molar-refractivity contribution in [1.82, 2.24) is 5.32 Å². The maximum Gasteiger partial charge on any atom is 0.188 e. The molecule has 1 spiro atoms. The van der Waals surface area contributed by atoms with Gasteiger partial charge in [-0.15, -0.1) is 6.58 Å². The molecule has 0 aromatic heterocycles. The predicted octanol–water partition coefficient (Wildman–Crippen LogP) is 0.762. The minimum Gasteiger partial charge on any atom is -0.370 e. The summed E-state index contributed by atoms with van der Waals surface area (Å²) >= 11 is 0. The molecule has 1 heterocycles. The Kier molecular flexibility index (Phi) is 4.02. The third-order valence-electron chi connectivity index (χ3n) is 3.17. The first-order valence-corrected chi connectivity index (χ1v) is 6.20. The highest BCUT2D eigenvalue weighted by Crippen LogP contribution is 2.39. The SMILES string of the molecule is C=CCNC(N)=NCC1COC2(CCCC2)O1. The van der Waals surface area contributed by atoms with Gasteiger partial charge < -0.3 is 20.5 Å². The van der Waals surface area contributed by atoms with Crippen LogP contribution in [-0.4, -0.2) is 37.5 Å². The zero-order valence-electron chi connectivity index (χ0n) is 10.2. The Morgan fingerprint density at radius 3 is 3.00 bits per heavy atom. The topological polar surface area (TPSA) is 68.9 Å². The fraction of sp³-hybridized carbons (Fsp3) is 0.750. The molecule has 0 aromatic rings. The van der Waals surface area contributed by atoms with Crippen LogP contribution in [0.25, 0.3) is 0 Å². The second-order valence-electron chi connectivity index (χ2n) is 4.56. The monoisotopic (exact) mass is 239 g/mol. The number of hydrogen-bond donors (Lipinski definition) is 2. The highest BCUT2D eigenvalue weighted by Gasteiger charge is 2.43. The molecule has 0 amide bonds. The van der Waals surface area contributed by atoms with Crippen LogP contribution in [-0.2, 0) is 9.47 Å². The van der Waals surface area contributed by atoms with Gasteiger partial charge in [-0.3, -0.25) is 4.99 Å². The Bertz CT molecular complexity index is 298. The van der Waals surface area contributed by atoms with Crippen molar-refractivity contribution < 1.29 is 9.47 Å². The molecule has 0 bridgehead atoms. The van der Waals surface area contributed by atoms with E-state index >= 15 is 0 Å². The lowest BCUT2D eigenvalue weighted by Crippen LogP contribution is -2.33. The van der Waals surface area contributed by atoms with Gasteiger partial charge >= 0.3 is 0 Å². The molecule has 1 aliphatic heterocycles. The van der Waals surface area contributed by atoms with Crippen LogP contribution in [0.4, 0.5) is 0 Å². The Balaban J connectivity index is 1.75. The number of nitrogens with two attached hydrogens (primary N) is 1. The van der Waals surface area contributed by atoms with E-state index in [4.69, 9.17) is 15.2 Å². The summed E-state index contributed by atoms with van der Waals surface area (Å²) in [7, 11) is 0. The van der Waals surface area contributed by atoms with Gasteiger partial charge in [-0.25, -0.2) is 0 Å². The van der Waals surface area contributed by atoms with Crippen molar-refractivity contribution in [3.63, 3.8) is 0 Å². The predicted molar refractivity (Wildman–Crippen MR) is 66.7 cm³/mol. The first-order chi connectivity index (χ1) is 8.24. The maximum atomic E-state index is 5.93. The van der Waals surface area contributed by atoms with Gasteiger partial charge in [0.15, 0.2) is 11.7 Å². The Hall–Kier alpha value is -1.07. The molecule has 1 atom stereocenters. The van der Waals surface area contributed by atoms with Gasteiger partial charge in [0.05, 0.1) is 13.2 Å². The van der Waals surface area contributed by atoms with Crippen molar-refractivity contribution in [3.05, 3.63) is 12.7 Å². The van der Waals surface area contributed by atoms with E-state index in [0.717, 1.165) is 12.8 Å². The van der Waals surface area contributed by atoms with E-state index in [0.29, 0.717) is 25.7 Å². The third kappa shape index (κ3) is 3.20. The van der Waals surface area contributed by atoms with Crippen molar-refractivity contribution >= 4 is 5.96 Å². The smallest absolute Gasteiger partial charge is 0.188 e. The van der Waals surface area contributed by atoms with Gasteiger partial charge in [0.25, 0.3) is 0 Å². The second-order valence-corrected chi connectivity index (χ2v) is 4.56. The number of rotatable bonds is 4. The summed E-state index contributed by atoms with van der Waals surface area (Å²) in [4.78, 5) is 4.23. The summed E-state index contributed by atoms with van der Waals surface area (Å²) in [6.45, 7) is 5.40. The van der Waals surface area contributed by atoms with Crippen molar-refractivity contribution in [1.29, 1.82) is 0 Å². The summed E-state index contributed by atoms with van der Waals surface area (Å²) < 4.78 is 11.7. The van der Waals surface area contributed by atoms with Crippen molar-refractivity contribution in [2.24, 2.45) is 10.7 Å². The number of nitrogens with one attached hydrogen (secondary N) is 1. The number of guanidine groups is 1. The molecule has 96 valence electrons. The van der Waals surface area contributed by atoms with Crippen LogP contribution in [0.2, 0.25) is 0 Å². The molecule has 17 heavy (non-hydrogen) atoms. The van der Waals surface area contributed by atoms with Crippen LogP contribution in [0.5, 0.6) is 0 Å². The van der Waals surface area contributed by atoms with Crippen LogP contribution in [0.3, 0.4) is 0 Å². The Morgan fingerprint density at radius 2 is 2.29 bits per heavy atom. The molecule has 1 saturated heterocycles. The number of hydrogen-bond acceptors (Lipinski definition) is 3. The number of nitrogens with zero attached hydrogens (tertiary/aromatic N) is 1. The average molecular weight is 239 g/mol. The molecule has 1 aliphatic carbocycles. The van der Waals surface area contributed by atoms with Crippen molar-refractivity contribution in [3.8, 4) is 0 Å². The van der Waals surface area contributed by atoms with Gasteiger partial charge in [-0.05, 0) is 12.8 Å². The van der Waals surface area contributed by atoms with E-state index in [1.807, 2.05) is 0 Å². The van der Waals surface area contributed by atoms with E-state index in [1.54, 1.807) is 6.08 Å². The van der Waals surface area contributed by atoms with Gasteiger partial charge in [0, 0.05) is 19.4 Å². The van der Waals surface area contributed by atoms with Gasteiger partial charge in [-0.1, -0.05) is 6.08 Å². The van der Waals surface area contributed by atoms with Crippen LogP contribution in [0.15, 0.2) is 17.6 Å². The molecule has 0 radical (unpaired) electrons. The van der Waals surface area contributed by atoms with E-state index in [-0.39, 0.29) is 11.9 Å². The maximum absolute atomic E-state index is 5.93. The molecule has 5 nitrogen and oxygen atoms in total. The lowest BCUT2D eigenvalue weighted by molar-refractivity contribution is -0.160. The fourth-order valence-electron chi connectivity index (χ4n) is 2.32. The second kappa shape index (κ2) is 5.51. The summed E-state index contributed by atoms with van der Waals surface area (Å²) in [5, 5.41) is 2.93. The zero-order chi connectivity index (χ0) is 12.1. The van der Waals surface area contributed by atoms with Crippen LogP contribution >= 0.6 is 0 Å². The summed E-state index contributed by atoms with van der Waals surface area (Å²) in [6.07, 6.45) is 6.19. The molecular weight excluding hydrogens is 218 g/mol. The third-order valence-corrected chi connectivity index (χ3v) is 3.17. The number of aliphatic imine (C=N–C) groups is 1. The lowest BCUT2D eigenvalue weighted by atomic mass is 10.2. The lowest BCUT2D eigenvalue weighted by Gasteiger charge is -2.21.